The molecule has 45 heavy (non-hydrogen) atoms. The molecule has 0 amide bonds. The van der Waals surface area contributed by atoms with Gasteiger partial charge in [-0.3, -0.25) is 13.7 Å². The Balaban J connectivity index is 0.00000484. The van der Waals surface area contributed by atoms with E-state index in [0.29, 0.717) is 12.1 Å². The van der Waals surface area contributed by atoms with Gasteiger partial charge in [-0.25, -0.2) is 0 Å². The number of anilines is 3. The molecule has 26 heteroatoms. The minimum atomic E-state index is -5.24. The number of rotatable bonds is 7. The van der Waals surface area contributed by atoms with E-state index in [4.69, 9.17) is 17.3 Å². The van der Waals surface area contributed by atoms with Gasteiger partial charge in [0.1, 0.15) is 22.0 Å². The monoisotopic (exact) mass is 779 g/mol. The molecule has 0 aliphatic rings. The van der Waals surface area contributed by atoms with Gasteiger partial charge in [-0.05, 0) is 53.4 Å². The zero-order chi connectivity index (χ0) is 30.5. The number of phenolic OH excluding ortho intramolecular Hbond substituents is 2. The first kappa shape index (κ1) is 44.3. The Morgan fingerprint density at radius 1 is 0.778 bits per heavy atom. The summed E-state index contributed by atoms with van der Waals surface area (Å²) >= 11 is 5.75. The third-order valence-corrected chi connectivity index (χ3v) is 7.79. The fraction of sp³-hybridized carbons (Fsp3) is 0. The molecule has 1 aromatic heterocycles. The molecule has 4 aromatic rings. The quantitative estimate of drug-likeness (QED) is 0.0521. The van der Waals surface area contributed by atoms with Crippen molar-refractivity contribution >= 4 is 81.7 Å². The van der Waals surface area contributed by atoms with Crippen LogP contribution in [0.15, 0.2) is 61.3 Å². The molecule has 0 bridgehead atoms. The molecule has 0 saturated heterocycles. The van der Waals surface area contributed by atoms with Crippen molar-refractivity contribution in [3.63, 3.8) is 0 Å². The van der Waals surface area contributed by atoms with Crippen molar-refractivity contribution in [3.8, 4) is 11.5 Å². The molecular weight excluding hydrogens is 766 g/mol. The normalized spacial score (nSPS) is 11.6. The van der Waals surface area contributed by atoms with E-state index < -0.39 is 78.6 Å². The van der Waals surface area contributed by atoms with E-state index in [1.54, 1.807) is 0 Å². The molecule has 0 aliphatic heterocycles. The molecule has 0 unspecified atom stereocenters. The molecule has 0 aliphatic carbocycles. The average Bonchev–Trinajstić information content (AvgIpc) is 2.81. The summed E-state index contributed by atoms with van der Waals surface area (Å²) in [6.45, 7) is 0. The number of aromatic hydroxyl groups is 2. The van der Waals surface area contributed by atoms with E-state index in [1.807, 2.05) is 0 Å². The van der Waals surface area contributed by atoms with Crippen LogP contribution >= 0.6 is 11.6 Å². The number of phenols is 2. The first-order valence-corrected chi connectivity index (χ1v) is 15.0. The Morgan fingerprint density at radius 2 is 1.38 bits per heavy atom. The second-order valence-corrected chi connectivity index (χ2v) is 12.4. The molecule has 0 saturated carbocycles. The summed E-state index contributed by atoms with van der Waals surface area (Å²) < 4.78 is 99.7. The zero-order valence-corrected chi connectivity index (χ0v) is 33.0. The Morgan fingerprint density at radius 3 is 1.91 bits per heavy atom. The number of nitrogen functional groups attached to an aromatic ring is 1. The Kier molecular flexibility index (Phi) is 16.3. The SMILES string of the molecule is Nc1nc(Cl)nc(Nc2cc(S(=O)(=O)O)cc3cc(S(=O)(=O)O)c(N=Nc4cc(S(=O)(=O)O)ccc4O)c(O)c23)n1.[Cu].[Na+].[Na+].[Na+]. The van der Waals surface area contributed by atoms with Crippen LogP contribution in [0.25, 0.3) is 10.8 Å². The average molecular weight is 781 g/mol. The number of nitrogens with zero attached hydrogens (tertiary/aromatic N) is 5. The number of fused-ring (bicyclic) bond motifs is 1. The van der Waals surface area contributed by atoms with Crippen LogP contribution in [0.4, 0.5) is 29.0 Å². The van der Waals surface area contributed by atoms with Crippen LogP contribution in [-0.4, -0.2) is 64.1 Å². The van der Waals surface area contributed by atoms with Gasteiger partial charge in [0.05, 0.1) is 15.5 Å². The molecule has 8 N–H and O–H groups in total. The molecule has 1 heterocycles. The summed E-state index contributed by atoms with van der Waals surface area (Å²) in [7, 11) is -14.9. The van der Waals surface area contributed by atoms with Crippen LogP contribution in [0.2, 0.25) is 5.28 Å². The summed E-state index contributed by atoms with van der Waals surface area (Å²) in [6, 6.07) is 4.53. The van der Waals surface area contributed by atoms with Crippen molar-refractivity contribution in [3.05, 3.63) is 41.7 Å². The predicted molar refractivity (Wildman–Crippen MR) is 140 cm³/mol. The number of nitrogens with two attached hydrogens (primary N) is 1. The van der Waals surface area contributed by atoms with Crippen molar-refractivity contribution in [2.45, 2.75) is 14.7 Å². The summed E-state index contributed by atoms with van der Waals surface area (Å²) in [5.74, 6) is -2.49. The van der Waals surface area contributed by atoms with E-state index in [1.165, 1.54) is 0 Å². The number of halogens is 1. The van der Waals surface area contributed by atoms with Gasteiger partial charge in [0.25, 0.3) is 30.4 Å². The van der Waals surface area contributed by atoms with Gasteiger partial charge in [0.15, 0.2) is 5.75 Å². The summed E-state index contributed by atoms with van der Waals surface area (Å²) in [5.41, 5.74) is 3.56. The summed E-state index contributed by atoms with van der Waals surface area (Å²) in [5, 5.41) is 29.5. The topological polar surface area (TPSA) is 305 Å². The standard InChI is InChI=1S/C19H14ClN7O11S3.Cu.3Na/c20-17-23-18(21)25-19(24-17)22-11-6-9(40(33,34)35)3-7-4-13(41(36,37)38)15(16(29)14(7)11)27-26-10-5-8(39(30,31)32)1-2-12(10)28;;;;/h1-6,28-29H,(H,30,31,32)(H,33,34,35)(H,36,37,38)(H3,21,22,23,24,25);;;;/q;;3*+1. The van der Waals surface area contributed by atoms with Gasteiger partial charge >= 0.3 is 88.7 Å². The van der Waals surface area contributed by atoms with Crippen LogP contribution in [0, 0.1) is 0 Å². The Hall–Kier alpha value is -0.731. The summed E-state index contributed by atoms with van der Waals surface area (Å²) in [4.78, 5) is 8.38. The van der Waals surface area contributed by atoms with Gasteiger partial charge in [0, 0.05) is 22.5 Å². The van der Waals surface area contributed by atoms with E-state index in [2.05, 4.69) is 30.5 Å². The Labute approximate surface area is 336 Å². The second kappa shape index (κ2) is 16.6. The molecule has 4 rings (SSSR count). The first-order chi connectivity index (χ1) is 18.8. The third-order valence-electron chi connectivity index (χ3n) is 5.07. The molecule has 0 atom stereocenters. The molecule has 1 radical (unpaired) electrons. The number of hydrogen-bond acceptors (Lipinski definition) is 15. The largest absolute Gasteiger partial charge is 1.00 e. The van der Waals surface area contributed by atoms with Crippen molar-refractivity contribution < 1.29 is 155 Å². The molecule has 0 fully saturated rings. The van der Waals surface area contributed by atoms with E-state index in [0.717, 1.165) is 24.3 Å². The molecular formula is C19H14ClCuN7Na3O11S3+3. The number of azo groups is 1. The fourth-order valence-corrected chi connectivity index (χ4v) is 5.26. The van der Waals surface area contributed by atoms with Crippen LogP contribution in [0.1, 0.15) is 0 Å². The maximum Gasteiger partial charge on any atom is 1.00 e. The molecule has 227 valence electrons. The van der Waals surface area contributed by atoms with Crippen molar-refractivity contribution in [2.24, 2.45) is 10.2 Å². The second-order valence-electron chi connectivity index (χ2n) is 7.83. The van der Waals surface area contributed by atoms with Crippen LogP contribution in [0.3, 0.4) is 0 Å². The predicted octanol–water partition coefficient (Wildman–Crippen LogP) is -6.42. The van der Waals surface area contributed by atoms with E-state index >= 15 is 0 Å². The minimum Gasteiger partial charge on any atom is -0.506 e. The minimum absolute atomic E-state index is 0. The third kappa shape index (κ3) is 10.6. The molecule has 18 nitrogen and oxygen atoms in total. The molecule has 3 aromatic carbocycles. The smallest absolute Gasteiger partial charge is 0.506 e. The summed E-state index contributed by atoms with van der Waals surface area (Å²) in [6.07, 6.45) is 0. The zero-order valence-electron chi connectivity index (χ0n) is 22.9. The first-order valence-electron chi connectivity index (χ1n) is 10.3. The maximum absolute atomic E-state index is 12.2. The van der Waals surface area contributed by atoms with Gasteiger partial charge < -0.3 is 21.3 Å². The van der Waals surface area contributed by atoms with Crippen molar-refractivity contribution in [2.75, 3.05) is 11.1 Å². The van der Waals surface area contributed by atoms with E-state index in [-0.39, 0.29) is 129 Å². The van der Waals surface area contributed by atoms with E-state index in [9.17, 15) is 49.1 Å². The van der Waals surface area contributed by atoms with Gasteiger partial charge in [0.2, 0.25) is 17.2 Å². The number of benzene rings is 3. The van der Waals surface area contributed by atoms with Crippen LogP contribution in [-0.2, 0) is 47.4 Å². The van der Waals surface area contributed by atoms with Crippen molar-refractivity contribution in [1.82, 2.24) is 15.0 Å². The van der Waals surface area contributed by atoms with Crippen LogP contribution in [0.5, 0.6) is 11.5 Å². The molecule has 0 spiro atoms. The number of hydrogen-bond donors (Lipinski definition) is 7. The van der Waals surface area contributed by atoms with Gasteiger partial charge in [-0.15, -0.1) is 10.2 Å². The van der Waals surface area contributed by atoms with Gasteiger partial charge in [-0.2, -0.15) is 40.2 Å². The number of nitrogens with one attached hydrogen (secondary N) is 1. The fourth-order valence-electron chi connectivity index (χ4n) is 3.39. The maximum atomic E-state index is 12.2. The number of aromatic nitrogens is 3. The Bertz CT molecular complexity index is 2110. The van der Waals surface area contributed by atoms with Crippen molar-refractivity contribution in [1.29, 1.82) is 0 Å². The van der Waals surface area contributed by atoms with Gasteiger partial charge in [-0.1, -0.05) is 0 Å². The van der Waals surface area contributed by atoms with Crippen LogP contribution < -0.4 is 99.7 Å².